The van der Waals surface area contributed by atoms with Crippen LogP contribution in [-0.4, -0.2) is 40.3 Å². The molecule has 2 aliphatic heterocycles. The van der Waals surface area contributed by atoms with Gasteiger partial charge in [-0.2, -0.15) is 0 Å². The van der Waals surface area contributed by atoms with E-state index in [1.54, 1.807) is 28.3 Å². The molecule has 0 aliphatic carbocycles. The maximum Gasteiger partial charge on any atom is 0.254 e. The number of carbonyl (C=O) groups excluding carboxylic acids is 2. The van der Waals surface area contributed by atoms with Gasteiger partial charge in [0.25, 0.3) is 5.91 Å². The van der Waals surface area contributed by atoms with Gasteiger partial charge in [0, 0.05) is 24.7 Å². The Bertz CT molecular complexity index is 779. The number of halogens is 1. The number of likely N-dealkylation sites (tertiary alicyclic amines) is 1. The summed E-state index contributed by atoms with van der Waals surface area (Å²) in [4.78, 5) is 32.7. The van der Waals surface area contributed by atoms with Crippen molar-refractivity contribution in [2.24, 2.45) is 0 Å². The zero-order chi connectivity index (χ0) is 16.7. The third-order valence-electron chi connectivity index (χ3n) is 4.77. The average molecular weight is 325 g/mol. The molecule has 2 fully saturated rings. The molecule has 24 heavy (non-hydrogen) atoms. The standard InChI is InChI=1S/C18H16FN3O2/c19-13-5-3-12(4-6-13)18(24)21-9-7-15-16(21)10-17(23)22(15)14-2-1-8-20-11-14/h1-6,8,11,15-16H,7,9-10H2/t15-,16+/m1/s1. The Morgan fingerprint density at radius 2 is 1.96 bits per heavy atom. The molecule has 2 aromatic rings. The molecule has 6 heteroatoms. The molecular formula is C18H16FN3O2. The number of rotatable bonds is 2. The van der Waals surface area contributed by atoms with E-state index in [1.807, 2.05) is 6.07 Å². The van der Waals surface area contributed by atoms with Crippen LogP contribution in [0.25, 0.3) is 0 Å². The molecule has 0 unspecified atom stereocenters. The largest absolute Gasteiger partial charge is 0.333 e. The van der Waals surface area contributed by atoms with Gasteiger partial charge in [-0.3, -0.25) is 14.6 Å². The SMILES string of the molecule is O=C(c1ccc(F)cc1)N1CC[C@@H]2[C@@H]1CC(=O)N2c1cccnc1. The zero-order valence-electron chi connectivity index (χ0n) is 12.9. The first-order chi connectivity index (χ1) is 11.6. The van der Waals surface area contributed by atoms with Gasteiger partial charge < -0.3 is 9.80 Å². The summed E-state index contributed by atoms with van der Waals surface area (Å²) in [6.07, 6.45) is 4.38. The Hall–Kier alpha value is -2.76. The summed E-state index contributed by atoms with van der Waals surface area (Å²) in [6.45, 7) is 0.593. The normalized spacial score (nSPS) is 22.8. The molecule has 0 N–H and O–H groups in total. The van der Waals surface area contributed by atoms with Crippen LogP contribution in [0, 0.1) is 5.82 Å². The van der Waals surface area contributed by atoms with E-state index in [0.29, 0.717) is 18.5 Å². The van der Waals surface area contributed by atoms with Gasteiger partial charge in [-0.15, -0.1) is 0 Å². The Morgan fingerprint density at radius 1 is 1.17 bits per heavy atom. The lowest BCUT2D eigenvalue weighted by Crippen LogP contribution is -2.40. The third kappa shape index (κ3) is 2.35. The molecule has 0 radical (unpaired) electrons. The van der Waals surface area contributed by atoms with Crippen molar-refractivity contribution in [3.63, 3.8) is 0 Å². The fourth-order valence-electron chi connectivity index (χ4n) is 3.69. The van der Waals surface area contributed by atoms with Crippen LogP contribution >= 0.6 is 0 Å². The van der Waals surface area contributed by atoms with Gasteiger partial charge in [0.15, 0.2) is 0 Å². The molecule has 2 amide bonds. The van der Waals surface area contributed by atoms with Crippen LogP contribution in [0.4, 0.5) is 10.1 Å². The predicted molar refractivity (Wildman–Crippen MR) is 86.0 cm³/mol. The number of benzene rings is 1. The Kier molecular flexibility index (Phi) is 3.52. The predicted octanol–water partition coefficient (Wildman–Crippen LogP) is 2.24. The van der Waals surface area contributed by atoms with Crippen LogP contribution in [0.15, 0.2) is 48.8 Å². The van der Waals surface area contributed by atoms with Gasteiger partial charge in [-0.1, -0.05) is 0 Å². The molecule has 3 heterocycles. The van der Waals surface area contributed by atoms with Crippen molar-refractivity contribution in [3.05, 3.63) is 60.2 Å². The molecule has 0 spiro atoms. The molecule has 0 bridgehead atoms. The number of carbonyl (C=O) groups is 2. The van der Waals surface area contributed by atoms with E-state index in [9.17, 15) is 14.0 Å². The van der Waals surface area contributed by atoms with E-state index < -0.39 is 0 Å². The highest BCUT2D eigenvalue weighted by Gasteiger charge is 2.48. The summed E-state index contributed by atoms with van der Waals surface area (Å²) in [6, 6.07) is 9.03. The van der Waals surface area contributed by atoms with Crippen molar-refractivity contribution < 1.29 is 14.0 Å². The monoisotopic (exact) mass is 325 g/mol. The molecule has 122 valence electrons. The van der Waals surface area contributed by atoms with Gasteiger partial charge in [-0.25, -0.2) is 4.39 Å². The van der Waals surface area contributed by atoms with Gasteiger partial charge in [0.2, 0.25) is 5.91 Å². The molecule has 4 rings (SSSR count). The topological polar surface area (TPSA) is 53.5 Å². The first-order valence-corrected chi connectivity index (χ1v) is 7.94. The lowest BCUT2D eigenvalue weighted by Gasteiger charge is -2.25. The Morgan fingerprint density at radius 3 is 2.67 bits per heavy atom. The molecule has 2 aliphatic rings. The van der Waals surface area contributed by atoms with Gasteiger partial charge in [-0.05, 0) is 42.8 Å². The van der Waals surface area contributed by atoms with Crippen LogP contribution in [-0.2, 0) is 4.79 Å². The Balaban J connectivity index is 1.59. The first kappa shape index (κ1) is 14.8. The summed E-state index contributed by atoms with van der Waals surface area (Å²) in [5.74, 6) is -0.511. The highest BCUT2D eigenvalue weighted by Crippen LogP contribution is 2.36. The van der Waals surface area contributed by atoms with E-state index >= 15 is 0 Å². The van der Waals surface area contributed by atoms with E-state index in [2.05, 4.69) is 4.98 Å². The summed E-state index contributed by atoms with van der Waals surface area (Å²) < 4.78 is 13.1. The number of nitrogens with zero attached hydrogens (tertiary/aromatic N) is 3. The average Bonchev–Trinajstić information content (AvgIpc) is 3.13. The first-order valence-electron chi connectivity index (χ1n) is 7.94. The molecule has 2 atom stereocenters. The van der Waals surface area contributed by atoms with Crippen molar-refractivity contribution >= 4 is 17.5 Å². The third-order valence-corrected chi connectivity index (χ3v) is 4.77. The highest BCUT2D eigenvalue weighted by atomic mass is 19.1. The molecule has 5 nitrogen and oxygen atoms in total. The lowest BCUT2D eigenvalue weighted by atomic mass is 10.1. The van der Waals surface area contributed by atoms with Crippen LogP contribution in [0.3, 0.4) is 0 Å². The quantitative estimate of drug-likeness (QED) is 0.851. The minimum Gasteiger partial charge on any atom is -0.333 e. The van der Waals surface area contributed by atoms with Crippen LogP contribution in [0.2, 0.25) is 0 Å². The van der Waals surface area contributed by atoms with Crippen molar-refractivity contribution in [2.75, 3.05) is 11.4 Å². The van der Waals surface area contributed by atoms with Crippen molar-refractivity contribution in [3.8, 4) is 0 Å². The lowest BCUT2D eigenvalue weighted by molar-refractivity contribution is -0.117. The second-order valence-corrected chi connectivity index (χ2v) is 6.11. The van der Waals surface area contributed by atoms with E-state index in [4.69, 9.17) is 0 Å². The van der Waals surface area contributed by atoms with E-state index in [0.717, 1.165) is 12.1 Å². The Labute approximate surface area is 138 Å². The van der Waals surface area contributed by atoms with Gasteiger partial charge in [0.05, 0.1) is 24.0 Å². The number of hydrogen-bond acceptors (Lipinski definition) is 3. The number of pyridine rings is 1. The van der Waals surface area contributed by atoms with Crippen molar-refractivity contribution in [2.45, 2.75) is 24.9 Å². The van der Waals surface area contributed by atoms with Crippen LogP contribution in [0.1, 0.15) is 23.2 Å². The molecule has 1 aromatic carbocycles. The number of hydrogen-bond donors (Lipinski definition) is 0. The molecule has 0 saturated carbocycles. The summed E-state index contributed by atoms with van der Waals surface area (Å²) in [7, 11) is 0. The second-order valence-electron chi connectivity index (χ2n) is 6.11. The number of aromatic nitrogens is 1. The summed E-state index contributed by atoms with van der Waals surface area (Å²) in [5, 5.41) is 0. The molecule has 1 aromatic heterocycles. The van der Waals surface area contributed by atoms with Crippen molar-refractivity contribution in [1.29, 1.82) is 0 Å². The molecular weight excluding hydrogens is 309 g/mol. The summed E-state index contributed by atoms with van der Waals surface area (Å²) >= 11 is 0. The minimum absolute atomic E-state index is 0.00889. The highest BCUT2D eigenvalue weighted by molar-refractivity contribution is 6.00. The maximum absolute atomic E-state index is 13.1. The van der Waals surface area contributed by atoms with E-state index in [-0.39, 0.29) is 29.7 Å². The number of amides is 2. The molecule has 2 saturated heterocycles. The van der Waals surface area contributed by atoms with Crippen LogP contribution < -0.4 is 4.90 Å². The fraction of sp³-hybridized carbons (Fsp3) is 0.278. The fourth-order valence-corrected chi connectivity index (χ4v) is 3.69. The number of anilines is 1. The minimum atomic E-state index is -0.371. The maximum atomic E-state index is 13.1. The smallest absolute Gasteiger partial charge is 0.254 e. The zero-order valence-corrected chi connectivity index (χ0v) is 12.9. The van der Waals surface area contributed by atoms with E-state index in [1.165, 1.54) is 24.3 Å². The summed E-state index contributed by atoms with van der Waals surface area (Å²) in [5.41, 5.74) is 1.22. The van der Waals surface area contributed by atoms with Crippen LogP contribution in [0.5, 0.6) is 0 Å². The second kappa shape index (κ2) is 5.70. The van der Waals surface area contributed by atoms with Gasteiger partial charge >= 0.3 is 0 Å². The van der Waals surface area contributed by atoms with Crippen molar-refractivity contribution in [1.82, 2.24) is 9.88 Å². The van der Waals surface area contributed by atoms with Gasteiger partial charge in [0.1, 0.15) is 5.82 Å². The number of fused-ring (bicyclic) bond motifs is 1.